The number of aromatic amines is 1. The van der Waals surface area contributed by atoms with Crippen molar-refractivity contribution in [1.82, 2.24) is 4.98 Å². The molecule has 8 nitrogen and oxygen atoms in total. The van der Waals surface area contributed by atoms with Crippen molar-refractivity contribution in [1.29, 1.82) is 0 Å². The van der Waals surface area contributed by atoms with Crippen LogP contribution in [0.3, 0.4) is 0 Å². The Kier molecular flexibility index (Phi) is 4.14. The second-order valence-electron chi connectivity index (χ2n) is 6.88. The van der Waals surface area contributed by atoms with Crippen LogP contribution in [0.2, 0.25) is 0 Å². The van der Waals surface area contributed by atoms with Crippen LogP contribution in [0.25, 0.3) is 10.9 Å². The lowest BCUT2D eigenvalue weighted by atomic mass is 10.1. The van der Waals surface area contributed by atoms with Crippen molar-refractivity contribution in [2.75, 3.05) is 19.5 Å². The SMILES string of the molecule is COC(=O)c1[nH]c2cc(OC)ccc2c1NC(=O)[C@H]1[C@@H](C(=O)O)C1(C)C. The molecule has 26 heavy (non-hydrogen) atoms. The summed E-state index contributed by atoms with van der Waals surface area (Å²) in [7, 11) is 2.76. The van der Waals surface area contributed by atoms with Crippen LogP contribution < -0.4 is 10.1 Å². The lowest BCUT2D eigenvalue weighted by Gasteiger charge is -2.07. The van der Waals surface area contributed by atoms with Crippen LogP contribution in [0.5, 0.6) is 5.75 Å². The molecular weight excluding hydrogens is 340 g/mol. The highest BCUT2D eigenvalue weighted by Crippen LogP contribution is 2.58. The number of H-pyrrole nitrogens is 1. The standard InChI is InChI=1S/C18H20N2O6/c1-18(2)11(12(18)16(22)23)15(21)20-13-9-6-5-8(25-3)7-10(9)19-14(13)17(24)26-4/h5-7,11-12,19H,1-4H3,(H,20,21)(H,22,23)/t11-,12+/m1/s1. The number of benzene rings is 1. The predicted molar refractivity (Wildman–Crippen MR) is 93.2 cm³/mol. The number of hydrogen-bond acceptors (Lipinski definition) is 5. The average Bonchev–Trinajstić information content (AvgIpc) is 3.02. The van der Waals surface area contributed by atoms with Crippen molar-refractivity contribution in [3.63, 3.8) is 0 Å². The fourth-order valence-electron chi connectivity index (χ4n) is 3.48. The molecule has 138 valence electrons. The quantitative estimate of drug-likeness (QED) is 0.704. The molecule has 1 saturated carbocycles. The summed E-state index contributed by atoms with van der Waals surface area (Å²) in [6.07, 6.45) is 0. The number of aliphatic carboxylic acids is 1. The van der Waals surface area contributed by atoms with E-state index in [9.17, 15) is 19.5 Å². The Bertz CT molecular complexity index is 914. The first-order chi connectivity index (χ1) is 12.2. The van der Waals surface area contributed by atoms with Crippen molar-refractivity contribution in [3.8, 4) is 5.75 Å². The third kappa shape index (κ3) is 2.67. The predicted octanol–water partition coefficient (Wildman–Crippen LogP) is 2.26. The van der Waals surface area contributed by atoms with Gasteiger partial charge in [-0.2, -0.15) is 0 Å². The minimum absolute atomic E-state index is 0.0921. The Morgan fingerprint density at radius 3 is 2.42 bits per heavy atom. The van der Waals surface area contributed by atoms with E-state index in [2.05, 4.69) is 10.3 Å². The number of ether oxygens (including phenoxy) is 2. The highest BCUT2D eigenvalue weighted by atomic mass is 16.5. The molecule has 1 aliphatic carbocycles. The molecule has 0 bridgehead atoms. The molecule has 3 rings (SSSR count). The van der Waals surface area contributed by atoms with Gasteiger partial charge in [0.2, 0.25) is 5.91 Å². The Morgan fingerprint density at radius 1 is 1.19 bits per heavy atom. The molecule has 1 heterocycles. The second kappa shape index (κ2) is 6.05. The van der Waals surface area contributed by atoms with Crippen LogP contribution in [0.4, 0.5) is 5.69 Å². The molecule has 2 aromatic rings. The number of esters is 1. The van der Waals surface area contributed by atoms with Gasteiger partial charge in [-0.15, -0.1) is 0 Å². The summed E-state index contributed by atoms with van der Waals surface area (Å²) in [6, 6.07) is 5.10. The van der Waals surface area contributed by atoms with Gasteiger partial charge in [-0.05, 0) is 17.5 Å². The van der Waals surface area contributed by atoms with Crippen molar-refractivity contribution in [2.24, 2.45) is 17.3 Å². The van der Waals surface area contributed by atoms with E-state index in [4.69, 9.17) is 9.47 Å². The summed E-state index contributed by atoms with van der Waals surface area (Å²) < 4.78 is 9.94. The molecule has 8 heteroatoms. The monoisotopic (exact) mass is 360 g/mol. The maximum absolute atomic E-state index is 12.7. The van der Waals surface area contributed by atoms with Gasteiger partial charge in [-0.1, -0.05) is 13.8 Å². The first-order valence-electron chi connectivity index (χ1n) is 8.04. The molecule has 0 unspecified atom stereocenters. The van der Waals surface area contributed by atoms with Crippen LogP contribution in [0.15, 0.2) is 18.2 Å². The fraction of sp³-hybridized carbons (Fsp3) is 0.389. The number of carbonyl (C=O) groups is 3. The van der Waals surface area contributed by atoms with E-state index in [1.165, 1.54) is 14.2 Å². The number of hydrogen-bond donors (Lipinski definition) is 3. The first kappa shape index (κ1) is 17.8. The van der Waals surface area contributed by atoms with Crippen LogP contribution in [0.1, 0.15) is 24.3 Å². The topological polar surface area (TPSA) is 118 Å². The molecule has 3 N–H and O–H groups in total. The normalized spacial score (nSPS) is 20.5. The first-order valence-corrected chi connectivity index (χ1v) is 8.04. The highest BCUT2D eigenvalue weighted by Gasteiger charge is 2.66. The van der Waals surface area contributed by atoms with Crippen molar-refractivity contribution in [2.45, 2.75) is 13.8 Å². The minimum Gasteiger partial charge on any atom is -0.497 e. The van der Waals surface area contributed by atoms with Gasteiger partial charge in [0.05, 0.1) is 37.3 Å². The number of carbonyl (C=O) groups excluding carboxylic acids is 2. The van der Waals surface area contributed by atoms with E-state index in [0.29, 0.717) is 16.7 Å². The fourth-order valence-corrected chi connectivity index (χ4v) is 3.48. The second-order valence-corrected chi connectivity index (χ2v) is 6.88. The number of rotatable bonds is 5. The summed E-state index contributed by atoms with van der Waals surface area (Å²) in [5.41, 5.74) is 0.308. The zero-order chi connectivity index (χ0) is 19.2. The number of methoxy groups -OCH3 is 2. The van der Waals surface area contributed by atoms with Gasteiger partial charge < -0.3 is 24.9 Å². The number of carboxylic acid groups (broad SMARTS) is 1. The van der Waals surface area contributed by atoms with E-state index in [1.807, 2.05) is 0 Å². The van der Waals surface area contributed by atoms with E-state index in [0.717, 1.165) is 0 Å². The summed E-state index contributed by atoms with van der Waals surface area (Å²) in [4.78, 5) is 39.0. The molecule has 2 atom stereocenters. The maximum Gasteiger partial charge on any atom is 0.356 e. The number of amides is 1. The van der Waals surface area contributed by atoms with Crippen molar-refractivity contribution >= 4 is 34.4 Å². The molecular formula is C18H20N2O6. The molecule has 0 aliphatic heterocycles. The molecule has 1 aromatic carbocycles. The van der Waals surface area contributed by atoms with Gasteiger partial charge in [-0.25, -0.2) is 4.79 Å². The number of aromatic nitrogens is 1. The molecule has 1 aliphatic rings. The van der Waals surface area contributed by atoms with Crippen molar-refractivity contribution in [3.05, 3.63) is 23.9 Å². The molecule has 0 spiro atoms. The van der Waals surface area contributed by atoms with E-state index < -0.39 is 35.1 Å². The van der Waals surface area contributed by atoms with Crippen LogP contribution in [-0.4, -0.2) is 42.2 Å². The summed E-state index contributed by atoms with van der Waals surface area (Å²) in [5.74, 6) is -2.93. The summed E-state index contributed by atoms with van der Waals surface area (Å²) >= 11 is 0. The molecule has 1 amide bonds. The van der Waals surface area contributed by atoms with Crippen LogP contribution in [-0.2, 0) is 14.3 Å². The minimum atomic E-state index is -1.01. The van der Waals surface area contributed by atoms with Gasteiger partial charge >= 0.3 is 11.9 Å². The Hall–Kier alpha value is -3.03. The highest BCUT2D eigenvalue weighted by molar-refractivity contribution is 6.12. The maximum atomic E-state index is 12.7. The van der Waals surface area contributed by atoms with E-state index in [1.54, 1.807) is 32.0 Å². The Morgan fingerprint density at radius 2 is 1.88 bits per heavy atom. The third-order valence-corrected chi connectivity index (χ3v) is 5.02. The number of anilines is 1. The summed E-state index contributed by atoms with van der Waals surface area (Å²) in [6.45, 7) is 3.47. The Balaban J connectivity index is 2.00. The smallest absolute Gasteiger partial charge is 0.356 e. The zero-order valence-electron chi connectivity index (χ0n) is 14.9. The van der Waals surface area contributed by atoms with Crippen molar-refractivity contribution < 1.29 is 29.0 Å². The van der Waals surface area contributed by atoms with Gasteiger partial charge in [0.15, 0.2) is 0 Å². The van der Waals surface area contributed by atoms with Gasteiger partial charge in [0.25, 0.3) is 0 Å². The van der Waals surface area contributed by atoms with E-state index >= 15 is 0 Å². The van der Waals surface area contributed by atoms with Gasteiger partial charge in [-0.3, -0.25) is 9.59 Å². The van der Waals surface area contributed by atoms with Gasteiger partial charge in [0.1, 0.15) is 11.4 Å². The number of nitrogens with one attached hydrogen (secondary N) is 2. The number of fused-ring (bicyclic) bond motifs is 1. The lowest BCUT2D eigenvalue weighted by Crippen LogP contribution is -2.19. The number of carboxylic acids is 1. The zero-order valence-corrected chi connectivity index (χ0v) is 14.9. The van der Waals surface area contributed by atoms with Crippen LogP contribution in [0, 0.1) is 17.3 Å². The molecule has 0 radical (unpaired) electrons. The summed E-state index contributed by atoms with van der Waals surface area (Å²) in [5, 5.41) is 12.6. The third-order valence-electron chi connectivity index (χ3n) is 5.02. The molecule has 0 saturated heterocycles. The lowest BCUT2D eigenvalue weighted by molar-refractivity contribution is -0.140. The van der Waals surface area contributed by atoms with Gasteiger partial charge in [0, 0.05) is 11.5 Å². The van der Waals surface area contributed by atoms with Crippen LogP contribution >= 0.6 is 0 Å². The Labute approximate surface area is 149 Å². The van der Waals surface area contributed by atoms with E-state index in [-0.39, 0.29) is 11.4 Å². The molecule has 1 fully saturated rings. The molecule has 1 aromatic heterocycles. The largest absolute Gasteiger partial charge is 0.497 e. The average molecular weight is 360 g/mol.